The fourth-order valence-corrected chi connectivity index (χ4v) is 2.87. The Balaban J connectivity index is 1.71. The van der Waals surface area contributed by atoms with E-state index in [4.69, 9.17) is 11.6 Å². The van der Waals surface area contributed by atoms with Crippen molar-refractivity contribution in [1.82, 2.24) is 5.32 Å². The van der Waals surface area contributed by atoms with Gasteiger partial charge in [-0.2, -0.15) is 0 Å². The highest BCUT2D eigenvalue weighted by atomic mass is 35.5. The maximum Gasteiger partial charge on any atom is 0.222 e. The van der Waals surface area contributed by atoms with E-state index in [1.807, 2.05) is 24.3 Å². The van der Waals surface area contributed by atoms with Gasteiger partial charge in [0, 0.05) is 11.6 Å². The molecule has 1 fully saturated rings. The highest BCUT2D eigenvalue weighted by Gasteiger charge is 2.31. The van der Waals surface area contributed by atoms with Crippen LogP contribution in [0.1, 0.15) is 44.1 Å². The highest BCUT2D eigenvalue weighted by molar-refractivity contribution is 6.30. The molecule has 0 spiro atoms. The van der Waals surface area contributed by atoms with Gasteiger partial charge < -0.3 is 10.4 Å². The SMILES string of the molecule is O=C(CC1(O)CCCCC1)NCCc1ccc(Cl)cc1. The maximum absolute atomic E-state index is 11.9. The number of amides is 1. The Morgan fingerprint density at radius 3 is 2.50 bits per heavy atom. The van der Waals surface area contributed by atoms with E-state index in [0.717, 1.165) is 42.7 Å². The number of carbonyl (C=O) groups is 1. The van der Waals surface area contributed by atoms with Gasteiger partial charge in [0.2, 0.25) is 5.91 Å². The van der Waals surface area contributed by atoms with Gasteiger partial charge in [-0.05, 0) is 37.0 Å². The Kier molecular flexibility index (Phi) is 5.44. The minimum absolute atomic E-state index is 0.0524. The fourth-order valence-electron chi connectivity index (χ4n) is 2.75. The largest absolute Gasteiger partial charge is 0.389 e. The third kappa shape index (κ3) is 4.80. The fraction of sp³-hybridized carbons (Fsp3) is 0.562. The van der Waals surface area contributed by atoms with Crippen LogP contribution < -0.4 is 5.32 Å². The lowest BCUT2D eigenvalue weighted by molar-refractivity contribution is -0.127. The average molecular weight is 296 g/mol. The molecule has 1 aromatic rings. The van der Waals surface area contributed by atoms with Gasteiger partial charge in [-0.3, -0.25) is 4.79 Å². The zero-order chi connectivity index (χ0) is 14.4. The number of benzene rings is 1. The monoisotopic (exact) mass is 295 g/mol. The lowest BCUT2D eigenvalue weighted by Gasteiger charge is -2.31. The molecule has 0 heterocycles. The Hall–Kier alpha value is -1.06. The second-order valence-corrected chi connectivity index (χ2v) is 6.12. The Labute approximate surface area is 125 Å². The van der Waals surface area contributed by atoms with Crippen molar-refractivity contribution in [1.29, 1.82) is 0 Å². The molecule has 1 amide bonds. The van der Waals surface area contributed by atoms with E-state index in [0.29, 0.717) is 6.54 Å². The van der Waals surface area contributed by atoms with Gasteiger partial charge in [-0.1, -0.05) is 43.0 Å². The van der Waals surface area contributed by atoms with Crippen LogP contribution in [0.2, 0.25) is 5.02 Å². The summed E-state index contributed by atoms with van der Waals surface area (Å²) >= 11 is 5.82. The Morgan fingerprint density at radius 1 is 1.20 bits per heavy atom. The van der Waals surface area contributed by atoms with Crippen LogP contribution in [0.4, 0.5) is 0 Å². The number of rotatable bonds is 5. The van der Waals surface area contributed by atoms with Crippen LogP contribution in [0.5, 0.6) is 0 Å². The second kappa shape index (κ2) is 7.09. The summed E-state index contributed by atoms with van der Waals surface area (Å²) in [6.45, 7) is 0.594. The molecular formula is C16H22ClNO2. The summed E-state index contributed by atoms with van der Waals surface area (Å²) in [6, 6.07) is 7.62. The summed E-state index contributed by atoms with van der Waals surface area (Å²) in [5, 5.41) is 13.9. The summed E-state index contributed by atoms with van der Waals surface area (Å²) in [4.78, 5) is 11.9. The molecule has 0 bridgehead atoms. The molecule has 110 valence electrons. The van der Waals surface area contributed by atoms with Crippen molar-refractivity contribution in [2.24, 2.45) is 0 Å². The zero-order valence-corrected chi connectivity index (χ0v) is 12.5. The standard InChI is InChI=1S/C16H22ClNO2/c17-14-6-4-13(5-7-14)8-11-18-15(19)12-16(20)9-2-1-3-10-16/h4-7,20H,1-3,8-12H2,(H,18,19). The van der Waals surface area contributed by atoms with Crippen molar-refractivity contribution in [3.8, 4) is 0 Å². The van der Waals surface area contributed by atoms with E-state index < -0.39 is 5.60 Å². The average Bonchev–Trinajstić information content (AvgIpc) is 2.41. The van der Waals surface area contributed by atoms with E-state index in [-0.39, 0.29) is 12.3 Å². The van der Waals surface area contributed by atoms with Gasteiger partial charge >= 0.3 is 0 Å². The number of carbonyl (C=O) groups excluding carboxylic acids is 1. The molecule has 0 aromatic heterocycles. The van der Waals surface area contributed by atoms with E-state index in [2.05, 4.69) is 5.32 Å². The van der Waals surface area contributed by atoms with Gasteiger partial charge in [-0.25, -0.2) is 0 Å². The first-order valence-electron chi connectivity index (χ1n) is 7.31. The summed E-state index contributed by atoms with van der Waals surface area (Å²) in [7, 11) is 0. The van der Waals surface area contributed by atoms with Gasteiger partial charge in [0.25, 0.3) is 0 Å². The lowest BCUT2D eigenvalue weighted by atomic mass is 9.82. The van der Waals surface area contributed by atoms with Crippen LogP contribution in [0, 0.1) is 0 Å². The van der Waals surface area contributed by atoms with Crippen LogP contribution in [0.3, 0.4) is 0 Å². The molecule has 3 nitrogen and oxygen atoms in total. The summed E-state index contributed by atoms with van der Waals surface area (Å²) < 4.78 is 0. The quantitative estimate of drug-likeness (QED) is 0.877. The van der Waals surface area contributed by atoms with E-state index >= 15 is 0 Å². The molecule has 2 N–H and O–H groups in total. The summed E-state index contributed by atoms with van der Waals surface area (Å²) in [5.74, 6) is -0.0524. The molecule has 0 radical (unpaired) electrons. The van der Waals surface area contributed by atoms with Crippen molar-refractivity contribution in [2.75, 3.05) is 6.54 Å². The van der Waals surface area contributed by atoms with Gasteiger partial charge in [-0.15, -0.1) is 0 Å². The Morgan fingerprint density at radius 2 is 1.85 bits per heavy atom. The molecule has 0 saturated heterocycles. The molecule has 1 aliphatic carbocycles. The number of halogens is 1. The smallest absolute Gasteiger partial charge is 0.222 e. The van der Waals surface area contributed by atoms with E-state index in [9.17, 15) is 9.90 Å². The first kappa shape index (κ1) is 15.3. The minimum atomic E-state index is -0.775. The molecule has 1 saturated carbocycles. The van der Waals surface area contributed by atoms with Crippen molar-refractivity contribution >= 4 is 17.5 Å². The van der Waals surface area contributed by atoms with Crippen molar-refractivity contribution in [2.45, 2.75) is 50.5 Å². The van der Waals surface area contributed by atoms with Crippen LogP contribution in [-0.2, 0) is 11.2 Å². The topological polar surface area (TPSA) is 49.3 Å². The second-order valence-electron chi connectivity index (χ2n) is 5.69. The molecule has 1 aromatic carbocycles. The first-order chi connectivity index (χ1) is 9.57. The highest BCUT2D eigenvalue weighted by Crippen LogP contribution is 2.30. The normalized spacial score (nSPS) is 17.7. The van der Waals surface area contributed by atoms with Crippen molar-refractivity contribution in [3.63, 3.8) is 0 Å². The van der Waals surface area contributed by atoms with E-state index in [1.165, 1.54) is 6.42 Å². The molecular weight excluding hydrogens is 274 g/mol. The van der Waals surface area contributed by atoms with Crippen molar-refractivity contribution in [3.05, 3.63) is 34.9 Å². The Bertz CT molecular complexity index is 438. The van der Waals surface area contributed by atoms with Crippen LogP contribution in [0.15, 0.2) is 24.3 Å². The number of hydrogen-bond acceptors (Lipinski definition) is 2. The lowest BCUT2D eigenvalue weighted by Crippen LogP contribution is -2.38. The summed E-state index contributed by atoms with van der Waals surface area (Å²) in [5.41, 5.74) is 0.369. The first-order valence-corrected chi connectivity index (χ1v) is 7.69. The number of aliphatic hydroxyl groups is 1. The van der Waals surface area contributed by atoms with Gasteiger partial charge in [0.15, 0.2) is 0 Å². The number of nitrogens with one attached hydrogen (secondary N) is 1. The summed E-state index contributed by atoms with van der Waals surface area (Å²) in [6.07, 6.45) is 5.72. The van der Waals surface area contributed by atoms with Crippen LogP contribution >= 0.6 is 11.6 Å². The molecule has 0 aliphatic heterocycles. The third-order valence-corrected chi connectivity index (χ3v) is 4.17. The van der Waals surface area contributed by atoms with E-state index in [1.54, 1.807) is 0 Å². The van der Waals surface area contributed by atoms with Crippen LogP contribution in [0.25, 0.3) is 0 Å². The van der Waals surface area contributed by atoms with Crippen molar-refractivity contribution < 1.29 is 9.90 Å². The minimum Gasteiger partial charge on any atom is -0.389 e. The predicted molar refractivity (Wildman–Crippen MR) is 80.8 cm³/mol. The molecule has 20 heavy (non-hydrogen) atoms. The molecule has 2 rings (SSSR count). The zero-order valence-electron chi connectivity index (χ0n) is 11.7. The van der Waals surface area contributed by atoms with Gasteiger partial charge in [0.1, 0.15) is 0 Å². The predicted octanol–water partition coefficient (Wildman–Crippen LogP) is 3.08. The third-order valence-electron chi connectivity index (χ3n) is 3.92. The maximum atomic E-state index is 11.9. The number of hydrogen-bond donors (Lipinski definition) is 2. The molecule has 1 aliphatic rings. The molecule has 0 unspecified atom stereocenters. The van der Waals surface area contributed by atoms with Gasteiger partial charge in [0.05, 0.1) is 12.0 Å². The van der Waals surface area contributed by atoms with Crippen LogP contribution in [-0.4, -0.2) is 23.2 Å². The molecule has 4 heteroatoms. The molecule has 0 atom stereocenters.